The van der Waals surface area contributed by atoms with Crippen LogP contribution in [-0.4, -0.2) is 47.8 Å². The lowest BCUT2D eigenvalue weighted by molar-refractivity contribution is 0.0832. The molecule has 4 rings (SSSR count). The average Bonchev–Trinajstić information content (AvgIpc) is 3.43. The molecule has 0 unspecified atom stereocenters. The molecule has 2 aromatic heterocycles. The van der Waals surface area contributed by atoms with Gasteiger partial charge in [0.2, 0.25) is 0 Å². The Kier molecular flexibility index (Phi) is 5.09. The molecular formula is C21H24N4OS. The van der Waals surface area contributed by atoms with Crippen molar-refractivity contribution < 1.29 is 4.79 Å². The van der Waals surface area contributed by atoms with Gasteiger partial charge in [0, 0.05) is 37.3 Å². The second-order valence-electron chi connectivity index (χ2n) is 7.23. The molecule has 0 aliphatic carbocycles. The van der Waals surface area contributed by atoms with Crippen LogP contribution in [0.4, 0.5) is 0 Å². The number of benzene rings is 1. The van der Waals surface area contributed by atoms with E-state index in [1.165, 1.54) is 17.8 Å². The first-order chi connectivity index (χ1) is 13.1. The molecule has 1 N–H and O–H groups in total. The quantitative estimate of drug-likeness (QED) is 0.736. The molecule has 1 aliphatic heterocycles. The minimum absolute atomic E-state index is 0.0440. The molecule has 1 saturated heterocycles. The van der Waals surface area contributed by atoms with Crippen LogP contribution in [0.25, 0.3) is 21.7 Å². The number of carbonyl (C=O) groups excluding carboxylic acids is 1. The van der Waals surface area contributed by atoms with Gasteiger partial charge in [-0.1, -0.05) is 18.2 Å². The standard InChI is InChI=1S/C21H24N4OS/c1-24(2)21(26)20-7-6-19(27-20)17-5-3-4-16(12-17)18-9-11-25(23-18)14-15-8-10-22-13-15/h3-7,9,11-12,15,22H,8,10,13-14H2,1-2H3/t15-/m0/s1. The molecule has 1 amide bonds. The summed E-state index contributed by atoms with van der Waals surface area (Å²) in [6.45, 7) is 3.16. The Labute approximate surface area is 163 Å². The molecule has 0 radical (unpaired) electrons. The third-order valence-electron chi connectivity index (χ3n) is 4.91. The molecule has 1 fully saturated rings. The maximum absolute atomic E-state index is 12.1. The smallest absolute Gasteiger partial charge is 0.263 e. The molecule has 1 atom stereocenters. The Bertz CT molecular complexity index is 937. The summed E-state index contributed by atoms with van der Waals surface area (Å²) < 4.78 is 2.05. The first kappa shape index (κ1) is 17.9. The summed E-state index contributed by atoms with van der Waals surface area (Å²) in [6.07, 6.45) is 3.29. The van der Waals surface area contributed by atoms with Gasteiger partial charge in [0.15, 0.2) is 0 Å². The van der Waals surface area contributed by atoms with Crippen molar-refractivity contribution in [3.63, 3.8) is 0 Å². The number of hydrogen-bond acceptors (Lipinski definition) is 4. The van der Waals surface area contributed by atoms with Crippen molar-refractivity contribution in [3.8, 4) is 21.7 Å². The Morgan fingerprint density at radius 2 is 2.11 bits per heavy atom. The van der Waals surface area contributed by atoms with Gasteiger partial charge >= 0.3 is 0 Å². The van der Waals surface area contributed by atoms with Crippen LogP contribution in [0.5, 0.6) is 0 Å². The fourth-order valence-corrected chi connectivity index (χ4v) is 4.44. The van der Waals surface area contributed by atoms with Gasteiger partial charge in [0.05, 0.1) is 10.6 Å². The highest BCUT2D eigenvalue weighted by molar-refractivity contribution is 7.17. The van der Waals surface area contributed by atoms with Gasteiger partial charge in [0.25, 0.3) is 5.91 Å². The van der Waals surface area contributed by atoms with Gasteiger partial charge in [-0.15, -0.1) is 11.3 Å². The number of amides is 1. The first-order valence-corrected chi connectivity index (χ1v) is 10.1. The van der Waals surface area contributed by atoms with E-state index in [0.717, 1.165) is 46.2 Å². The van der Waals surface area contributed by atoms with E-state index in [2.05, 4.69) is 46.5 Å². The highest BCUT2D eigenvalue weighted by Gasteiger charge is 2.16. The summed E-state index contributed by atoms with van der Waals surface area (Å²) in [5, 5.41) is 8.17. The van der Waals surface area contributed by atoms with E-state index >= 15 is 0 Å². The fourth-order valence-electron chi connectivity index (χ4n) is 3.41. The number of nitrogens with one attached hydrogen (secondary N) is 1. The van der Waals surface area contributed by atoms with Crippen LogP contribution in [0.15, 0.2) is 48.7 Å². The molecular weight excluding hydrogens is 356 g/mol. The van der Waals surface area contributed by atoms with Gasteiger partial charge < -0.3 is 10.2 Å². The van der Waals surface area contributed by atoms with Crippen molar-refractivity contribution in [1.82, 2.24) is 20.0 Å². The number of carbonyl (C=O) groups is 1. The predicted molar refractivity (Wildman–Crippen MR) is 110 cm³/mol. The van der Waals surface area contributed by atoms with Crippen molar-refractivity contribution in [3.05, 3.63) is 53.5 Å². The van der Waals surface area contributed by atoms with Crippen molar-refractivity contribution in [2.45, 2.75) is 13.0 Å². The number of rotatable bonds is 5. The molecule has 0 spiro atoms. The van der Waals surface area contributed by atoms with Crippen LogP contribution in [0.2, 0.25) is 0 Å². The maximum Gasteiger partial charge on any atom is 0.263 e. The van der Waals surface area contributed by atoms with Gasteiger partial charge in [-0.2, -0.15) is 5.10 Å². The zero-order valence-corrected chi connectivity index (χ0v) is 16.5. The largest absolute Gasteiger partial charge is 0.344 e. The summed E-state index contributed by atoms with van der Waals surface area (Å²) in [4.78, 5) is 15.6. The molecule has 5 nitrogen and oxygen atoms in total. The Morgan fingerprint density at radius 1 is 1.26 bits per heavy atom. The molecule has 3 heterocycles. The molecule has 1 aliphatic rings. The van der Waals surface area contributed by atoms with Crippen molar-refractivity contribution in [1.29, 1.82) is 0 Å². The summed E-state index contributed by atoms with van der Waals surface area (Å²) >= 11 is 1.53. The fraction of sp³-hybridized carbons (Fsp3) is 0.333. The minimum Gasteiger partial charge on any atom is -0.344 e. The lowest BCUT2D eigenvalue weighted by Gasteiger charge is -2.08. The number of hydrogen-bond donors (Lipinski definition) is 1. The van der Waals surface area contributed by atoms with E-state index in [1.54, 1.807) is 19.0 Å². The van der Waals surface area contributed by atoms with Gasteiger partial charge in [-0.3, -0.25) is 9.48 Å². The Morgan fingerprint density at radius 3 is 2.89 bits per heavy atom. The Hall–Kier alpha value is -2.44. The zero-order chi connectivity index (χ0) is 18.8. The maximum atomic E-state index is 12.1. The monoisotopic (exact) mass is 380 g/mol. The van der Waals surface area contributed by atoms with Crippen LogP contribution < -0.4 is 5.32 Å². The van der Waals surface area contributed by atoms with E-state index in [1.807, 2.05) is 12.1 Å². The second kappa shape index (κ2) is 7.66. The third-order valence-corrected chi connectivity index (χ3v) is 6.04. The van der Waals surface area contributed by atoms with Crippen molar-refractivity contribution in [2.75, 3.05) is 27.2 Å². The van der Waals surface area contributed by atoms with Crippen molar-refractivity contribution in [2.24, 2.45) is 5.92 Å². The van der Waals surface area contributed by atoms with Gasteiger partial charge in [-0.25, -0.2) is 0 Å². The molecule has 0 saturated carbocycles. The molecule has 0 bridgehead atoms. The first-order valence-electron chi connectivity index (χ1n) is 9.26. The normalized spacial score (nSPS) is 16.6. The lowest BCUT2D eigenvalue weighted by atomic mass is 10.1. The van der Waals surface area contributed by atoms with E-state index < -0.39 is 0 Å². The molecule has 6 heteroatoms. The molecule has 140 valence electrons. The summed E-state index contributed by atoms with van der Waals surface area (Å²) in [7, 11) is 3.56. The van der Waals surface area contributed by atoms with E-state index in [9.17, 15) is 4.79 Å². The summed E-state index contributed by atoms with van der Waals surface area (Å²) in [5.74, 6) is 0.713. The highest BCUT2D eigenvalue weighted by atomic mass is 32.1. The van der Waals surface area contributed by atoms with E-state index in [4.69, 9.17) is 5.10 Å². The van der Waals surface area contributed by atoms with E-state index in [-0.39, 0.29) is 5.91 Å². The summed E-state index contributed by atoms with van der Waals surface area (Å²) in [5.41, 5.74) is 3.21. The average molecular weight is 381 g/mol. The third kappa shape index (κ3) is 3.96. The molecule has 27 heavy (non-hydrogen) atoms. The Balaban J connectivity index is 1.54. The zero-order valence-electron chi connectivity index (χ0n) is 15.7. The number of thiophene rings is 1. The number of aromatic nitrogens is 2. The van der Waals surface area contributed by atoms with Crippen molar-refractivity contribution >= 4 is 17.2 Å². The highest BCUT2D eigenvalue weighted by Crippen LogP contribution is 2.31. The van der Waals surface area contributed by atoms with Gasteiger partial charge in [-0.05, 0) is 55.3 Å². The summed E-state index contributed by atoms with van der Waals surface area (Å²) in [6, 6.07) is 14.4. The molecule has 1 aromatic carbocycles. The lowest BCUT2D eigenvalue weighted by Crippen LogP contribution is -2.20. The van der Waals surface area contributed by atoms with Crippen LogP contribution >= 0.6 is 11.3 Å². The van der Waals surface area contributed by atoms with Crippen LogP contribution in [0, 0.1) is 5.92 Å². The molecule has 3 aromatic rings. The SMILES string of the molecule is CN(C)C(=O)c1ccc(-c2cccc(-c3ccn(C[C@H]4CCNC4)n3)c2)s1. The second-order valence-corrected chi connectivity index (χ2v) is 8.31. The number of nitrogens with zero attached hydrogens (tertiary/aromatic N) is 3. The predicted octanol–water partition coefficient (Wildman–Crippen LogP) is 3.59. The van der Waals surface area contributed by atoms with E-state index in [0.29, 0.717) is 5.92 Å². The topological polar surface area (TPSA) is 50.2 Å². The van der Waals surface area contributed by atoms with Crippen LogP contribution in [-0.2, 0) is 6.54 Å². The van der Waals surface area contributed by atoms with Crippen LogP contribution in [0.1, 0.15) is 16.1 Å². The van der Waals surface area contributed by atoms with Crippen LogP contribution in [0.3, 0.4) is 0 Å². The minimum atomic E-state index is 0.0440. The van der Waals surface area contributed by atoms with Gasteiger partial charge in [0.1, 0.15) is 0 Å².